The Morgan fingerprint density at radius 1 is 1.06 bits per heavy atom. The van der Waals surface area contributed by atoms with Crippen LogP contribution in [-0.4, -0.2) is 63.1 Å². The fraction of sp³-hybridized carbons (Fsp3) is 0.640. The average molecular weight is 507 g/mol. The van der Waals surface area contributed by atoms with Crippen molar-refractivity contribution in [2.24, 2.45) is 17.8 Å². The van der Waals surface area contributed by atoms with Crippen LogP contribution in [0.25, 0.3) is 11.5 Å². The van der Waals surface area contributed by atoms with Crippen molar-refractivity contribution < 1.29 is 22.4 Å². The summed E-state index contributed by atoms with van der Waals surface area (Å²) in [4.78, 5) is 25.3. The topological polar surface area (TPSA) is 62.5 Å². The molecule has 0 radical (unpaired) electrons. The molecule has 5 fully saturated rings. The summed E-state index contributed by atoms with van der Waals surface area (Å²) < 4.78 is 45.3. The molecule has 0 N–H and O–H groups in total. The fourth-order valence-electron chi connectivity index (χ4n) is 7.29. The minimum atomic E-state index is -4.61. The number of furan rings is 1. The maximum atomic E-state index is 13.4. The monoisotopic (exact) mass is 506 g/mol. The van der Waals surface area contributed by atoms with Gasteiger partial charge in [0.05, 0.1) is 12.0 Å². The SMILES string of the molecule is O=C(CSc1nc(-c2ccco2)cc(C(F)(F)F)n1)N1CCN(C23CC4CC(CC(C4)C2)C3)CC1. The van der Waals surface area contributed by atoms with Crippen molar-refractivity contribution in [3.8, 4) is 11.5 Å². The number of alkyl halides is 3. The number of nitrogens with zero attached hydrogens (tertiary/aromatic N) is 4. The summed E-state index contributed by atoms with van der Waals surface area (Å²) in [5, 5.41) is -0.0771. The molecule has 3 heterocycles. The lowest BCUT2D eigenvalue weighted by Crippen LogP contribution is -2.64. The van der Waals surface area contributed by atoms with Crippen molar-refractivity contribution in [2.75, 3.05) is 31.9 Å². The van der Waals surface area contributed by atoms with Gasteiger partial charge in [-0.1, -0.05) is 11.8 Å². The molecule has 0 unspecified atom stereocenters. The molecule has 0 aromatic carbocycles. The van der Waals surface area contributed by atoms with Crippen LogP contribution in [0.1, 0.15) is 44.2 Å². The van der Waals surface area contributed by atoms with E-state index in [0.717, 1.165) is 48.7 Å². The van der Waals surface area contributed by atoms with Gasteiger partial charge in [-0.25, -0.2) is 9.97 Å². The van der Waals surface area contributed by atoms with E-state index in [2.05, 4.69) is 14.9 Å². The second kappa shape index (κ2) is 8.80. The summed E-state index contributed by atoms with van der Waals surface area (Å²) in [6.45, 7) is 3.10. The van der Waals surface area contributed by atoms with E-state index in [-0.39, 0.29) is 28.3 Å². The summed E-state index contributed by atoms with van der Waals surface area (Å²) >= 11 is 0.943. The van der Waals surface area contributed by atoms with Crippen molar-refractivity contribution in [2.45, 2.75) is 55.4 Å². The smallest absolute Gasteiger partial charge is 0.433 e. The van der Waals surface area contributed by atoms with E-state index in [1.54, 1.807) is 12.1 Å². The largest absolute Gasteiger partial charge is 0.463 e. The van der Waals surface area contributed by atoms with E-state index in [4.69, 9.17) is 4.42 Å². The van der Waals surface area contributed by atoms with Crippen LogP contribution in [0.5, 0.6) is 0 Å². The van der Waals surface area contributed by atoms with E-state index in [1.807, 2.05) is 4.90 Å². The van der Waals surface area contributed by atoms with Gasteiger partial charge in [0.1, 0.15) is 11.4 Å². The Morgan fingerprint density at radius 3 is 2.29 bits per heavy atom. The third-order valence-corrected chi connectivity index (χ3v) is 9.24. The molecule has 4 bridgehead atoms. The summed E-state index contributed by atoms with van der Waals surface area (Å²) in [5.74, 6) is 2.81. The van der Waals surface area contributed by atoms with Crippen LogP contribution < -0.4 is 0 Å². The minimum Gasteiger partial charge on any atom is -0.463 e. The quantitative estimate of drug-likeness (QED) is 0.422. The molecule has 7 rings (SSSR count). The lowest BCUT2D eigenvalue weighted by Gasteiger charge is -2.61. The van der Waals surface area contributed by atoms with Crippen molar-refractivity contribution in [3.05, 3.63) is 30.2 Å². The van der Waals surface area contributed by atoms with Gasteiger partial charge in [0.2, 0.25) is 5.91 Å². The summed E-state index contributed by atoms with van der Waals surface area (Å²) in [6, 6.07) is 4.00. The molecular weight excluding hydrogens is 477 g/mol. The lowest BCUT2D eigenvalue weighted by molar-refractivity contribution is -0.141. The number of hydrogen-bond donors (Lipinski definition) is 0. The molecule has 4 aliphatic carbocycles. The normalized spacial score (nSPS) is 30.7. The molecule has 1 aliphatic heterocycles. The molecule has 2 aromatic heterocycles. The van der Waals surface area contributed by atoms with Crippen LogP contribution in [-0.2, 0) is 11.0 Å². The molecule has 6 nitrogen and oxygen atoms in total. The van der Waals surface area contributed by atoms with E-state index in [1.165, 1.54) is 44.8 Å². The van der Waals surface area contributed by atoms with Crippen LogP contribution >= 0.6 is 11.8 Å². The van der Waals surface area contributed by atoms with E-state index in [0.29, 0.717) is 18.6 Å². The zero-order valence-electron chi connectivity index (χ0n) is 19.5. The van der Waals surface area contributed by atoms with Crippen LogP contribution in [0.15, 0.2) is 34.0 Å². The Hall–Kier alpha value is -2.07. The number of thioether (sulfide) groups is 1. The number of amides is 1. The highest BCUT2D eigenvalue weighted by Gasteiger charge is 2.53. The van der Waals surface area contributed by atoms with Crippen molar-refractivity contribution >= 4 is 17.7 Å². The molecule has 1 amide bonds. The molecular formula is C25H29F3N4O2S. The maximum absolute atomic E-state index is 13.4. The maximum Gasteiger partial charge on any atom is 0.433 e. The average Bonchev–Trinajstić information content (AvgIpc) is 3.36. The van der Waals surface area contributed by atoms with Gasteiger partial charge in [-0.15, -0.1) is 0 Å². The zero-order valence-corrected chi connectivity index (χ0v) is 20.3. The predicted molar refractivity (Wildman–Crippen MR) is 125 cm³/mol. The Bertz CT molecular complexity index is 1050. The van der Waals surface area contributed by atoms with Gasteiger partial charge in [0.15, 0.2) is 10.9 Å². The Morgan fingerprint density at radius 2 is 1.71 bits per heavy atom. The molecule has 2 aromatic rings. The molecule has 0 atom stereocenters. The number of carbonyl (C=O) groups is 1. The standard InChI is InChI=1S/C25H29F3N4O2S/c26-25(27,28)21-11-19(20-2-1-7-34-20)29-23(30-21)35-15-22(33)31-3-5-32(6-4-31)24-12-16-8-17(13-24)10-18(9-16)14-24/h1-2,7,11,16-18H,3-6,8-10,12-15H2. The van der Waals surface area contributed by atoms with Crippen LogP contribution in [0.4, 0.5) is 13.2 Å². The van der Waals surface area contributed by atoms with E-state index >= 15 is 0 Å². The molecule has 5 aliphatic rings. The van der Waals surface area contributed by atoms with Crippen molar-refractivity contribution in [1.82, 2.24) is 19.8 Å². The molecule has 4 saturated carbocycles. The van der Waals surface area contributed by atoms with E-state index < -0.39 is 11.9 Å². The first-order valence-corrected chi connectivity index (χ1v) is 13.4. The van der Waals surface area contributed by atoms with Crippen molar-refractivity contribution in [1.29, 1.82) is 0 Å². The number of hydrogen-bond acceptors (Lipinski definition) is 6. The number of rotatable bonds is 5. The molecule has 35 heavy (non-hydrogen) atoms. The zero-order chi connectivity index (χ0) is 24.2. The van der Waals surface area contributed by atoms with Gasteiger partial charge in [0, 0.05) is 31.7 Å². The van der Waals surface area contributed by atoms with Crippen molar-refractivity contribution in [3.63, 3.8) is 0 Å². The Balaban J connectivity index is 1.08. The van der Waals surface area contributed by atoms with E-state index in [9.17, 15) is 18.0 Å². The Kier molecular flexibility index (Phi) is 5.86. The molecule has 0 spiro atoms. The van der Waals surface area contributed by atoms with Gasteiger partial charge in [-0.05, 0) is 74.5 Å². The third-order valence-electron chi connectivity index (χ3n) is 8.40. The molecule has 1 saturated heterocycles. The van der Waals surface area contributed by atoms with Gasteiger partial charge < -0.3 is 9.32 Å². The second-order valence-corrected chi connectivity index (χ2v) is 11.6. The summed E-state index contributed by atoms with van der Waals surface area (Å²) in [5.41, 5.74) is -0.651. The molecule has 188 valence electrons. The number of piperazine rings is 1. The first kappa shape index (κ1) is 23.3. The number of halogens is 3. The molecule has 10 heteroatoms. The minimum absolute atomic E-state index is 0.0102. The van der Waals surface area contributed by atoms with Gasteiger partial charge >= 0.3 is 6.18 Å². The third kappa shape index (κ3) is 4.59. The second-order valence-electron chi connectivity index (χ2n) is 10.7. The lowest BCUT2D eigenvalue weighted by atomic mass is 9.52. The van der Waals surface area contributed by atoms with Gasteiger partial charge in [-0.2, -0.15) is 13.2 Å². The van der Waals surface area contributed by atoms with Crippen LogP contribution in [0.3, 0.4) is 0 Å². The summed E-state index contributed by atoms with van der Waals surface area (Å²) in [7, 11) is 0. The van der Waals surface area contributed by atoms with Crippen LogP contribution in [0, 0.1) is 17.8 Å². The highest BCUT2D eigenvalue weighted by molar-refractivity contribution is 7.99. The van der Waals surface area contributed by atoms with Gasteiger partial charge in [0.25, 0.3) is 0 Å². The number of carbonyl (C=O) groups excluding carboxylic acids is 1. The fourth-order valence-corrected chi connectivity index (χ4v) is 8.05. The summed E-state index contributed by atoms with van der Waals surface area (Å²) in [6.07, 6.45) is 4.94. The first-order valence-electron chi connectivity index (χ1n) is 12.4. The highest BCUT2D eigenvalue weighted by atomic mass is 32.2. The predicted octanol–water partition coefficient (Wildman–Crippen LogP) is 4.96. The Labute approximate surface area is 206 Å². The number of aromatic nitrogens is 2. The first-order chi connectivity index (χ1) is 16.8. The van der Waals surface area contributed by atoms with Crippen LogP contribution in [0.2, 0.25) is 0 Å². The van der Waals surface area contributed by atoms with Gasteiger partial charge in [-0.3, -0.25) is 9.69 Å². The highest BCUT2D eigenvalue weighted by Crippen LogP contribution is 2.57.